The Morgan fingerprint density at radius 3 is 2.47 bits per heavy atom. The fourth-order valence-electron chi connectivity index (χ4n) is 5.18. The lowest BCUT2D eigenvalue weighted by Gasteiger charge is -2.17. The summed E-state index contributed by atoms with van der Waals surface area (Å²) < 4.78 is 75.8. The first-order chi connectivity index (χ1) is 22.3. The zero-order valence-electron chi connectivity index (χ0n) is 26.7. The van der Waals surface area contributed by atoms with E-state index in [9.17, 15) is 13.2 Å². The van der Waals surface area contributed by atoms with Gasteiger partial charge in [0, 0.05) is 40.0 Å². The van der Waals surface area contributed by atoms with E-state index in [-0.39, 0.29) is 36.5 Å². The normalized spacial score (nSPS) is 13.8. The molecule has 47 heavy (non-hydrogen) atoms. The molecule has 0 N–H and O–H groups in total. The first-order valence-corrected chi connectivity index (χ1v) is 18.9. The van der Waals surface area contributed by atoms with Gasteiger partial charge in [-0.25, -0.2) is 24.3 Å². The Labute approximate surface area is 269 Å². The average molecular weight is 670 g/mol. The van der Waals surface area contributed by atoms with Gasteiger partial charge < -0.3 is 23.3 Å². The number of benzene rings is 1. The van der Waals surface area contributed by atoms with Gasteiger partial charge in [-0.1, -0.05) is 25.7 Å². The molecular weight excluding hydrogens is 634 g/mol. The van der Waals surface area contributed by atoms with Crippen LogP contribution in [0.2, 0.25) is 25.7 Å². The molecule has 248 valence electrons. The second-order valence-corrected chi connectivity index (χ2v) is 18.4. The lowest BCUT2D eigenvalue weighted by Crippen LogP contribution is -2.22. The number of rotatable bonds is 12. The van der Waals surface area contributed by atoms with Crippen molar-refractivity contribution < 1.29 is 31.8 Å². The molecule has 5 aromatic rings. The van der Waals surface area contributed by atoms with E-state index in [1.807, 2.05) is 16.8 Å². The fourth-order valence-corrected chi connectivity index (χ4v) is 5.94. The summed E-state index contributed by atoms with van der Waals surface area (Å²) in [4.78, 5) is 22.1. The lowest BCUT2D eigenvalue weighted by atomic mass is 10.1. The SMILES string of the molecule is COc1ncnc(C2CC2)c1-c1nc(OCc2ccc(-c3nc(C(F)(F)F)cn3C)c(F)c2)c2c(ccn2COCC[Si](C)(C)C)n1. The van der Waals surface area contributed by atoms with Crippen LogP contribution in [0.1, 0.15) is 35.7 Å². The smallest absolute Gasteiger partial charge is 0.434 e. The molecule has 1 fully saturated rings. The Balaban J connectivity index is 1.33. The van der Waals surface area contributed by atoms with Gasteiger partial charge in [-0.3, -0.25) is 0 Å². The van der Waals surface area contributed by atoms with Crippen molar-refractivity contribution in [2.24, 2.45) is 7.05 Å². The number of hydrogen-bond donors (Lipinski definition) is 0. The molecule has 6 rings (SSSR count). The zero-order chi connectivity index (χ0) is 33.5. The number of ether oxygens (including phenoxy) is 3. The Hall–Kier alpha value is -4.37. The van der Waals surface area contributed by atoms with Gasteiger partial charge in [0.2, 0.25) is 11.8 Å². The molecule has 1 aromatic carbocycles. The predicted molar refractivity (Wildman–Crippen MR) is 169 cm³/mol. The maximum atomic E-state index is 15.3. The van der Waals surface area contributed by atoms with Crippen molar-refractivity contribution in [1.29, 1.82) is 0 Å². The van der Waals surface area contributed by atoms with Gasteiger partial charge in [0.1, 0.15) is 42.4 Å². The molecular formula is C32H35F4N7O3Si. The Morgan fingerprint density at radius 1 is 1.02 bits per heavy atom. The fraction of sp³-hybridized carbons (Fsp3) is 0.406. The standard InChI is InChI=1S/C32H35F4N7O3Si/c1-42-15-24(32(34,35)36)40-29(42)21-9-6-19(14-22(21)33)16-46-31-27-23(10-11-43(27)18-45-12-13-47(3,4)5)39-28(41-31)25-26(20-7-8-20)37-17-38-30(25)44-2/h6,9-11,14-15,17,20H,7-8,12-13,16,18H2,1-5H3. The molecule has 0 bridgehead atoms. The first-order valence-electron chi connectivity index (χ1n) is 15.2. The van der Waals surface area contributed by atoms with E-state index in [0.717, 1.165) is 35.3 Å². The van der Waals surface area contributed by atoms with E-state index >= 15 is 4.39 Å². The number of methoxy groups -OCH3 is 1. The summed E-state index contributed by atoms with van der Waals surface area (Å²) in [5.74, 6) is 0.300. The molecule has 0 saturated heterocycles. The summed E-state index contributed by atoms with van der Waals surface area (Å²) in [6.45, 7) is 7.63. The van der Waals surface area contributed by atoms with Gasteiger partial charge >= 0.3 is 6.18 Å². The van der Waals surface area contributed by atoms with Gasteiger partial charge in [0.05, 0.1) is 23.9 Å². The molecule has 0 spiro atoms. The zero-order valence-corrected chi connectivity index (χ0v) is 27.7. The van der Waals surface area contributed by atoms with Crippen LogP contribution in [0.4, 0.5) is 17.6 Å². The van der Waals surface area contributed by atoms with E-state index in [0.29, 0.717) is 40.5 Å². The van der Waals surface area contributed by atoms with Crippen LogP contribution in [-0.4, -0.2) is 55.8 Å². The Morgan fingerprint density at radius 2 is 1.81 bits per heavy atom. The first kappa shape index (κ1) is 32.6. The number of fused-ring (bicyclic) bond motifs is 1. The van der Waals surface area contributed by atoms with Crippen LogP contribution in [-0.2, 0) is 31.3 Å². The van der Waals surface area contributed by atoms with Crippen LogP contribution in [0.5, 0.6) is 11.8 Å². The summed E-state index contributed by atoms with van der Waals surface area (Å²) >= 11 is 0. The minimum atomic E-state index is -4.64. The lowest BCUT2D eigenvalue weighted by molar-refractivity contribution is -0.140. The third-order valence-electron chi connectivity index (χ3n) is 7.84. The number of alkyl halides is 3. The van der Waals surface area contributed by atoms with Crippen molar-refractivity contribution in [2.45, 2.75) is 64.0 Å². The van der Waals surface area contributed by atoms with Crippen molar-refractivity contribution in [3.63, 3.8) is 0 Å². The Bertz CT molecular complexity index is 1920. The molecule has 0 atom stereocenters. The summed E-state index contributed by atoms with van der Waals surface area (Å²) in [6.07, 6.45) is 1.47. The van der Waals surface area contributed by atoms with E-state index in [2.05, 4.69) is 34.6 Å². The van der Waals surface area contributed by atoms with Gasteiger partial charge in [0.25, 0.3) is 0 Å². The maximum Gasteiger partial charge on any atom is 0.434 e. The van der Waals surface area contributed by atoms with Gasteiger partial charge in [-0.15, -0.1) is 0 Å². The molecule has 0 radical (unpaired) electrons. The molecule has 4 heterocycles. The van der Waals surface area contributed by atoms with Crippen LogP contribution < -0.4 is 9.47 Å². The highest BCUT2D eigenvalue weighted by Gasteiger charge is 2.35. The minimum absolute atomic E-state index is 0.0633. The van der Waals surface area contributed by atoms with Gasteiger partial charge in [-0.2, -0.15) is 18.2 Å². The quantitative estimate of drug-likeness (QED) is 0.0780. The molecule has 0 amide bonds. The highest BCUT2D eigenvalue weighted by atomic mass is 28.3. The highest BCUT2D eigenvalue weighted by Crippen LogP contribution is 2.45. The summed E-state index contributed by atoms with van der Waals surface area (Å²) in [6, 6.07) is 7.04. The largest absolute Gasteiger partial charge is 0.480 e. The number of imidazole rings is 1. The van der Waals surface area contributed by atoms with Gasteiger partial charge in [-0.05, 0) is 42.6 Å². The third kappa shape index (κ3) is 7.15. The van der Waals surface area contributed by atoms with E-state index < -0.39 is 25.8 Å². The monoisotopic (exact) mass is 669 g/mol. The maximum absolute atomic E-state index is 15.3. The second-order valence-electron chi connectivity index (χ2n) is 12.8. The van der Waals surface area contributed by atoms with Crippen molar-refractivity contribution in [3.05, 3.63) is 65.8 Å². The van der Waals surface area contributed by atoms with Crippen LogP contribution in [0.15, 0.2) is 43.0 Å². The highest BCUT2D eigenvalue weighted by molar-refractivity contribution is 6.76. The number of aryl methyl sites for hydroxylation is 1. The number of aromatic nitrogens is 7. The predicted octanol–water partition coefficient (Wildman–Crippen LogP) is 7.22. The number of nitrogens with zero attached hydrogens (tertiary/aromatic N) is 7. The van der Waals surface area contributed by atoms with Crippen molar-refractivity contribution in [2.75, 3.05) is 13.7 Å². The van der Waals surface area contributed by atoms with Crippen molar-refractivity contribution in [1.82, 2.24) is 34.1 Å². The summed E-state index contributed by atoms with van der Waals surface area (Å²) in [5.41, 5.74) is 1.87. The molecule has 0 aliphatic heterocycles. The second kappa shape index (κ2) is 12.7. The molecule has 1 aliphatic carbocycles. The molecule has 10 nitrogen and oxygen atoms in total. The van der Waals surface area contributed by atoms with Crippen LogP contribution in [0.3, 0.4) is 0 Å². The van der Waals surface area contributed by atoms with Crippen LogP contribution in [0.25, 0.3) is 33.8 Å². The topological polar surface area (TPSA) is 102 Å². The average Bonchev–Trinajstić information content (AvgIpc) is 3.67. The third-order valence-corrected chi connectivity index (χ3v) is 9.55. The summed E-state index contributed by atoms with van der Waals surface area (Å²) in [7, 11) is 1.62. The molecule has 1 saturated carbocycles. The Kier molecular flexibility index (Phi) is 8.78. The van der Waals surface area contributed by atoms with E-state index in [1.54, 1.807) is 6.07 Å². The van der Waals surface area contributed by atoms with Crippen LogP contribution >= 0.6 is 0 Å². The summed E-state index contributed by atoms with van der Waals surface area (Å²) in [5, 5.41) is 0. The number of halogens is 4. The number of hydrogen-bond acceptors (Lipinski definition) is 8. The van der Waals surface area contributed by atoms with E-state index in [1.165, 1.54) is 32.6 Å². The molecule has 1 aliphatic rings. The molecule has 0 unspecified atom stereocenters. The molecule has 15 heteroatoms. The van der Waals surface area contributed by atoms with Crippen molar-refractivity contribution >= 4 is 19.1 Å². The molecule has 4 aromatic heterocycles. The van der Waals surface area contributed by atoms with Crippen LogP contribution in [0, 0.1) is 5.82 Å². The minimum Gasteiger partial charge on any atom is -0.480 e. The van der Waals surface area contributed by atoms with Gasteiger partial charge in [0.15, 0.2) is 11.5 Å². The van der Waals surface area contributed by atoms with E-state index in [4.69, 9.17) is 24.2 Å². The van der Waals surface area contributed by atoms with Crippen molar-refractivity contribution in [3.8, 4) is 34.5 Å².